The van der Waals surface area contributed by atoms with Crippen LogP contribution in [-0.2, 0) is 19.2 Å². The molecule has 0 radical (unpaired) electrons. The van der Waals surface area contributed by atoms with Gasteiger partial charge in [-0.05, 0) is 0 Å². The van der Waals surface area contributed by atoms with E-state index >= 15 is 0 Å². The Balaban J connectivity index is 3.27. The topological polar surface area (TPSA) is 45.8 Å². The van der Waals surface area contributed by atoms with Crippen molar-refractivity contribution >= 4 is 0 Å². The van der Waals surface area contributed by atoms with Gasteiger partial charge < -0.3 is 19.3 Å². The lowest BCUT2D eigenvalue weighted by atomic mass is 10.3. The predicted octanol–water partition coefficient (Wildman–Crippen LogP) is -1.66. The van der Waals surface area contributed by atoms with Crippen LogP contribution < -0.4 is 9.80 Å². The maximum atomic E-state index is 5.31. The molecule has 0 aliphatic rings. The molecular formula is C13H32N2O4+2. The van der Waals surface area contributed by atoms with Crippen LogP contribution in [0, 0.1) is 0 Å². The Bertz CT molecular complexity index is 184. The maximum Gasteiger partial charge on any atom is 0.183 e. The first-order valence-electron chi connectivity index (χ1n) is 7.05. The van der Waals surface area contributed by atoms with Crippen LogP contribution in [0.5, 0.6) is 0 Å². The molecule has 116 valence electrons. The summed E-state index contributed by atoms with van der Waals surface area (Å²) in [7, 11) is 7.57. The zero-order valence-corrected chi connectivity index (χ0v) is 13.0. The molecule has 0 bridgehead atoms. The molecule has 0 saturated carbocycles. The standard InChI is InChI=1S/C13H30N2O4/c1-14(10-7-11-19-17-4)8-5-6-9-15(2)12-18-13-16-3/h5-13H2,1-4H3/p+2. The van der Waals surface area contributed by atoms with E-state index in [9.17, 15) is 0 Å². The van der Waals surface area contributed by atoms with Gasteiger partial charge in [-0.1, -0.05) is 0 Å². The zero-order chi connectivity index (χ0) is 14.3. The minimum absolute atomic E-state index is 0.383. The van der Waals surface area contributed by atoms with Crippen LogP contribution in [0.4, 0.5) is 0 Å². The molecule has 0 amide bonds. The Labute approximate surface area is 117 Å². The molecule has 0 saturated heterocycles. The molecule has 19 heavy (non-hydrogen) atoms. The van der Waals surface area contributed by atoms with E-state index in [4.69, 9.17) is 14.4 Å². The summed E-state index contributed by atoms with van der Waals surface area (Å²) >= 11 is 0. The van der Waals surface area contributed by atoms with Gasteiger partial charge in [-0.25, -0.2) is 9.78 Å². The Morgan fingerprint density at radius 3 is 2.11 bits per heavy atom. The normalized spacial score (nSPS) is 14.5. The number of nitrogens with one attached hydrogen (secondary N) is 2. The molecular weight excluding hydrogens is 248 g/mol. The van der Waals surface area contributed by atoms with Crippen LogP contribution in [0.1, 0.15) is 19.3 Å². The number of quaternary nitrogens is 2. The van der Waals surface area contributed by atoms with E-state index in [-0.39, 0.29) is 0 Å². The van der Waals surface area contributed by atoms with E-state index in [1.807, 2.05) is 0 Å². The van der Waals surface area contributed by atoms with Crippen LogP contribution in [0.15, 0.2) is 0 Å². The van der Waals surface area contributed by atoms with Crippen molar-refractivity contribution < 1.29 is 29.0 Å². The van der Waals surface area contributed by atoms with Crippen molar-refractivity contribution in [3.63, 3.8) is 0 Å². The molecule has 0 aromatic rings. The molecule has 6 heteroatoms. The van der Waals surface area contributed by atoms with Gasteiger partial charge in [0.1, 0.15) is 0 Å². The van der Waals surface area contributed by atoms with Gasteiger partial charge in [-0.2, -0.15) is 0 Å². The number of rotatable bonds is 14. The minimum Gasteiger partial charge on any atom is -0.358 e. The molecule has 2 unspecified atom stereocenters. The SMILES string of the molecule is COCOC[NH+](C)CCCC[NH+](C)CCCOOC. The van der Waals surface area contributed by atoms with Crippen molar-refractivity contribution in [3.8, 4) is 0 Å². The fraction of sp³-hybridized carbons (Fsp3) is 1.00. The second-order valence-corrected chi connectivity index (χ2v) is 4.97. The molecule has 0 aliphatic heterocycles. The van der Waals surface area contributed by atoms with Crippen molar-refractivity contribution in [2.75, 3.05) is 68.1 Å². The Morgan fingerprint density at radius 1 is 0.842 bits per heavy atom. The van der Waals surface area contributed by atoms with Gasteiger partial charge in [-0.15, -0.1) is 0 Å². The van der Waals surface area contributed by atoms with E-state index in [0.717, 1.165) is 19.5 Å². The van der Waals surface area contributed by atoms with Gasteiger partial charge in [0, 0.05) is 26.4 Å². The van der Waals surface area contributed by atoms with Gasteiger partial charge in [0.25, 0.3) is 0 Å². The van der Waals surface area contributed by atoms with E-state index in [0.29, 0.717) is 20.1 Å². The largest absolute Gasteiger partial charge is 0.358 e. The van der Waals surface area contributed by atoms with E-state index in [2.05, 4.69) is 19.0 Å². The average molecular weight is 280 g/mol. The van der Waals surface area contributed by atoms with Crippen LogP contribution >= 0.6 is 0 Å². The molecule has 2 atom stereocenters. The molecule has 0 rings (SSSR count). The van der Waals surface area contributed by atoms with E-state index in [1.54, 1.807) is 19.1 Å². The van der Waals surface area contributed by atoms with Crippen molar-refractivity contribution in [1.29, 1.82) is 0 Å². The van der Waals surface area contributed by atoms with Gasteiger partial charge in [0.15, 0.2) is 13.5 Å². The van der Waals surface area contributed by atoms with E-state index in [1.165, 1.54) is 24.3 Å². The monoisotopic (exact) mass is 280 g/mol. The first kappa shape index (κ1) is 18.8. The Morgan fingerprint density at radius 2 is 1.47 bits per heavy atom. The molecule has 0 heterocycles. The number of unbranched alkanes of at least 4 members (excludes halogenated alkanes) is 1. The third-order valence-corrected chi connectivity index (χ3v) is 2.96. The summed E-state index contributed by atoms with van der Waals surface area (Å²) < 4.78 is 10.2. The zero-order valence-electron chi connectivity index (χ0n) is 13.0. The summed E-state index contributed by atoms with van der Waals surface area (Å²) in [5.74, 6) is 0. The predicted molar refractivity (Wildman–Crippen MR) is 73.0 cm³/mol. The first-order valence-corrected chi connectivity index (χ1v) is 7.05. The average Bonchev–Trinajstić information content (AvgIpc) is 2.40. The summed E-state index contributed by atoms with van der Waals surface area (Å²) in [5, 5.41) is 0. The third-order valence-electron chi connectivity index (χ3n) is 2.96. The molecule has 0 aromatic carbocycles. The van der Waals surface area contributed by atoms with Crippen molar-refractivity contribution in [3.05, 3.63) is 0 Å². The number of ether oxygens (including phenoxy) is 2. The highest BCUT2D eigenvalue weighted by atomic mass is 17.2. The highest BCUT2D eigenvalue weighted by Gasteiger charge is 2.04. The third kappa shape index (κ3) is 14.0. The van der Waals surface area contributed by atoms with Crippen LogP contribution in [0.3, 0.4) is 0 Å². The summed E-state index contributed by atoms with van der Waals surface area (Å²) in [5.41, 5.74) is 0. The maximum absolute atomic E-state index is 5.31. The van der Waals surface area contributed by atoms with Gasteiger partial charge in [0.05, 0.1) is 47.4 Å². The Hall–Kier alpha value is -0.240. The lowest BCUT2D eigenvalue weighted by Gasteiger charge is -2.16. The Kier molecular flexibility index (Phi) is 14.0. The summed E-state index contributed by atoms with van der Waals surface area (Å²) in [6.07, 6.45) is 3.52. The lowest BCUT2D eigenvalue weighted by molar-refractivity contribution is -0.903. The fourth-order valence-corrected chi connectivity index (χ4v) is 1.87. The quantitative estimate of drug-likeness (QED) is 0.173. The van der Waals surface area contributed by atoms with Crippen molar-refractivity contribution in [1.82, 2.24) is 0 Å². The van der Waals surface area contributed by atoms with Crippen molar-refractivity contribution in [2.45, 2.75) is 19.3 Å². The van der Waals surface area contributed by atoms with Crippen molar-refractivity contribution in [2.24, 2.45) is 0 Å². The fourth-order valence-electron chi connectivity index (χ4n) is 1.87. The second kappa shape index (κ2) is 14.2. The van der Waals surface area contributed by atoms with Gasteiger partial charge in [-0.3, -0.25) is 0 Å². The summed E-state index contributed by atoms with van der Waals surface area (Å²) in [4.78, 5) is 12.3. The molecule has 2 N–H and O–H groups in total. The highest BCUT2D eigenvalue weighted by Crippen LogP contribution is 1.81. The van der Waals surface area contributed by atoms with Gasteiger partial charge in [0.2, 0.25) is 0 Å². The number of hydrogen-bond acceptors (Lipinski definition) is 4. The van der Waals surface area contributed by atoms with Crippen LogP contribution in [0.25, 0.3) is 0 Å². The minimum atomic E-state index is 0.383. The summed E-state index contributed by atoms with van der Waals surface area (Å²) in [6.45, 7) is 5.25. The smallest absolute Gasteiger partial charge is 0.183 e. The van der Waals surface area contributed by atoms with Gasteiger partial charge >= 0.3 is 0 Å². The molecule has 6 nitrogen and oxygen atoms in total. The lowest BCUT2D eigenvalue weighted by Crippen LogP contribution is -3.10. The van der Waals surface area contributed by atoms with E-state index < -0.39 is 0 Å². The number of methoxy groups -OCH3 is 1. The molecule has 0 aromatic heterocycles. The second-order valence-electron chi connectivity index (χ2n) is 4.97. The van der Waals surface area contributed by atoms with Crippen LogP contribution in [0.2, 0.25) is 0 Å². The first-order chi connectivity index (χ1) is 9.20. The molecule has 0 fully saturated rings. The summed E-state index contributed by atoms with van der Waals surface area (Å²) in [6, 6.07) is 0. The highest BCUT2D eigenvalue weighted by molar-refractivity contribution is 4.36. The molecule has 0 spiro atoms. The van der Waals surface area contributed by atoms with Crippen LogP contribution in [-0.4, -0.2) is 68.1 Å². The number of hydrogen-bond donors (Lipinski definition) is 2. The molecule has 0 aliphatic carbocycles.